The molecule has 242 valence electrons. The summed E-state index contributed by atoms with van der Waals surface area (Å²) in [7, 11) is 0. The first kappa shape index (κ1) is 34.0. The van der Waals surface area contributed by atoms with E-state index in [2.05, 4.69) is 167 Å². The minimum atomic E-state index is -2.89. The predicted octanol–water partition coefficient (Wildman–Crippen LogP) is 11.6. The quantitative estimate of drug-likeness (QED) is 0.166. The summed E-state index contributed by atoms with van der Waals surface area (Å²) in [5.74, 6) is 0. The first-order chi connectivity index (χ1) is 22.1. The Morgan fingerprint density at radius 1 is 0.660 bits per heavy atom. The van der Waals surface area contributed by atoms with Crippen molar-refractivity contribution in [2.24, 2.45) is 5.41 Å². The Balaban J connectivity index is 1.79. The van der Waals surface area contributed by atoms with Crippen LogP contribution in [0.4, 0.5) is 0 Å². The van der Waals surface area contributed by atoms with E-state index in [0.717, 1.165) is 19.3 Å². The molecule has 2 aliphatic carbocycles. The molecule has 0 heterocycles. The van der Waals surface area contributed by atoms with Gasteiger partial charge in [-0.25, -0.2) is 0 Å². The van der Waals surface area contributed by atoms with Crippen LogP contribution < -0.4 is 3.27 Å². The number of hydrogen-bond donors (Lipinski definition) is 0. The van der Waals surface area contributed by atoms with E-state index >= 15 is 0 Å². The fraction of sp³-hybridized carbons (Fsp3) is 0.370. The zero-order valence-electron chi connectivity index (χ0n) is 30.8. The second-order valence-corrected chi connectivity index (χ2v) is 22.7. The number of rotatable bonds is 6. The molecule has 0 atom stereocenters. The number of aryl methyl sites for hydroxylation is 2. The van der Waals surface area contributed by atoms with Gasteiger partial charge in [0.2, 0.25) is 0 Å². The van der Waals surface area contributed by atoms with Gasteiger partial charge in [-0.3, -0.25) is 0 Å². The molecular weight excluding hydrogens is 644 g/mol. The number of hydrogen-bond acceptors (Lipinski definition) is 0. The van der Waals surface area contributed by atoms with Crippen LogP contribution in [-0.4, -0.2) is 3.21 Å². The van der Waals surface area contributed by atoms with Crippen molar-refractivity contribution >= 4 is 6.48 Å². The Morgan fingerprint density at radius 3 is 1.74 bits per heavy atom. The van der Waals surface area contributed by atoms with Gasteiger partial charge >= 0.3 is 295 Å². The van der Waals surface area contributed by atoms with Crippen molar-refractivity contribution in [2.75, 3.05) is 0 Å². The normalized spacial score (nSPS) is 14.4. The van der Waals surface area contributed by atoms with Gasteiger partial charge in [0.25, 0.3) is 0 Å². The maximum atomic E-state index is 2.69. The Morgan fingerprint density at radius 2 is 1.21 bits per heavy atom. The second kappa shape index (κ2) is 12.5. The van der Waals surface area contributed by atoms with Crippen molar-refractivity contribution in [3.8, 4) is 11.1 Å². The Labute approximate surface area is 293 Å². The average Bonchev–Trinajstić information content (AvgIpc) is 3.65. The van der Waals surface area contributed by atoms with E-state index in [1.165, 1.54) is 50.1 Å². The van der Waals surface area contributed by atoms with Gasteiger partial charge in [-0.2, -0.15) is 0 Å². The Hall–Kier alpha value is -2.89. The summed E-state index contributed by atoms with van der Waals surface area (Å²) in [6.45, 7) is 25.9. The SMILES string of the molecule is CCC(C)(C)C1=[C]([Zr](=[C](c2ccc(C)cc2)c2ccc(C)cc2)[c]2cc(C(C)(C)C)cc3c2Cc2ccc(C(C)(C)C)cc2-3)CC=C1. The van der Waals surface area contributed by atoms with Gasteiger partial charge in [-0.15, -0.1) is 0 Å². The number of benzene rings is 4. The van der Waals surface area contributed by atoms with Gasteiger partial charge in [0.15, 0.2) is 0 Å². The van der Waals surface area contributed by atoms with Crippen LogP contribution in [0.25, 0.3) is 11.1 Å². The van der Waals surface area contributed by atoms with E-state index in [1.54, 1.807) is 20.9 Å². The third-order valence-corrected chi connectivity index (χ3v) is 18.5. The molecule has 4 aromatic carbocycles. The van der Waals surface area contributed by atoms with Crippen LogP contribution >= 0.6 is 0 Å². The molecule has 0 spiro atoms. The molecule has 0 nitrogen and oxygen atoms in total. The molecule has 0 bridgehead atoms. The summed E-state index contributed by atoms with van der Waals surface area (Å²) in [4.78, 5) is 0. The molecule has 0 unspecified atom stereocenters. The van der Waals surface area contributed by atoms with E-state index in [0.29, 0.717) is 0 Å². The van der Waals surface area contributed by atoms with Crippen LogP contribution in [0.1, 0.15) is 120 Å². The zero-order valence-corrected chi connectivity index (χ0v) is 33.2. The molecule has 0 radical (unpaired) electrons. The molecule has 0 aromatic heterocycles. The zero-order chi connectivity index (χ0) is 33.9. The van der Waals surface area contributed by atoms with Crippen molar-refractivity contribution in [1.82, 2.24) is 0 Å². The topological polar surface area (TPSA) is 0 Å². The summed E-state index contributed by atoms with van der Waals surface area (Å²) in [5, 5.41) is 0. The van der Waals surface area contributed by atoms with Crippen molar-refractivity contribution < 1.29 is 21.3 Å². The number of fused-ring (bicyclic) bond motifs is 3. The van der Waals surface area contributed by atoms with Crippen LogP contribution in [0.5, 0.6) is 0 Å². The third-order valence-electron chi connectivity index (χ3n) is 10.8. The summed E-state index contributed by atoms with van der Waals surface area (Å²) in [6.07, 6.45) is 8.21. The summed E-state index contributed by atoms with van der Waals surface area (Å²) in [5.41, 5.74) is 16.3. The third kappa shape index (κ3) is 6.60. The van der Waals surface area contributed by atoms with E-state index in [9.17, 15) is 0 Å². The molecular formula is C46H54Zr. The van der Waals surface area contributed by atoms with Crippen LogP contribution in [0.15, 0.2) is 99.9 Å². The molecule has 0 fully saturated rings. The van der Waals surface area contributed by atoms with E-state index in [1.807, 2.05) is 0 Å². The van der Waals surface area contributed by atoms with Crippen LogP contribution in [-0.2, 0) is 38.5 Å². The van der Waals surface area contributed by atoms with Gasteiger partial charge in [0, 0.05) is 0 Å². The van der Waals surface area contributed by atoms with Gasteiger partial charge in [0.1, 0.15) is 0 Å². The van der Waals surface area contributed by atoms with E-state index in [4.69, 9.17) is 0 Å². The van der Waals surface area contributed by atoms with E-state index in [-0.39, 0.29) is 16.2 Å². The van der Waals surface area contributed by atoms with Crippen molar-refractivity contribution in [2.45, 2.75) is 106 Å². The average molecular weight is 698 g/mol. The molecule has 0 amide bonds. The predicted molar refractivity (Wildman–Crippen MR) is 202 cm³/mol. The fourth-order valence-corrected chi connectivity index (χ4v) is 16.3. The second-order valence-electron chi connectivity index (χ2n) is 16.8. The molecule has 1 heteroatoms. The minimum absolute atomic E-state index is 0.0458. The first-order valence-corrected chi connectivity index (χ1v) is 21.4. The molecule has 0 aliphatic heterocycles. The Kier molecular flexibility index (Phi) is 9.06. The van der Waals surface area contributed by atoms with Crippen LogP contribution in [0, 0.1) is 19.3 Å². The fourth-order valence-electron chi connectivity index (χ4n) is 7.31. The number of allylic oxidation sites excluding steroid dienone is 4. The van der Waals surface area contributed by atoms with Crippen molar-refractivity contribution in [3.05, 3.63) is 144 Å². The van der Waals surface area contributed by atoms with Crippen LogP contribution in [0.2, 0.25) is 0 Å². The van der Waals surface area contributed by atoms with Gasteiger partial charge in [-0.05, 0) is 0 Å². The van der Waals surface area contributed by atoms with Gasteiger partial charge in [-0.1, -0.05) is 0 Å². The van der Waals surface area contributed by atoms with Gasteiger partial charge < -0.3 is 0 Å². The molecule has 6 rings (SSSR count). The molecule has 4 aromatic rings. The summed E-state index contributed by atoms with van der Waals surface area (Å²) < 4.78 is 5.06. The van der Waals surface area contributed by atoms with Gasteiger partial charge in [0.05, 0.1) is 0 Å². The molecule has 0 saturated carbocycles. The van der Waals surface area contributed by atoms with Crippen molar-refractivity contribution in [1.29, 1.82) is 0 Å². The Bertz CT molecular complexity index is 1880. The summed E-state index contributed by atoms with van der Waals surface area (Å²) >= 11 is -2.89. The van der Waals surface area contributed by atoms with Crippen LogP contribution in [0.3, 0.4) is 0 Å². The molecule has 47 heavy (non-hydrogen) atoms. The van der Waals surface area contributed by atoms with Crippen molar-refractivity contribution in [3.63, 3.8) is 0 Å². The maximum absolute atomic E-state index is 2.89. The monoisotopic (exact) mass is 696 g/mol. The molecule has 0 saturated heterocycles. The summed E-state index contributed by atoms with van der Waals surface area (Å²) in [6, 6.07) is 31.5. The molecule has 0 N–H and O–H groups in total. The van der Waals surface area contributed by atoms with E-state index < -0.39 is 21.3 Å². The molecule has 2 aliphatic rings. The first-order valence-electron chi connectivity index (χ1n) is 17.7. The standard InChI is InChI=1S/C21H25.C15H14.C10H15.Zr/c1-20(2,3)16-9-7-14-11-15-8-10-17(21(4,5)6)13-19(15)18(14)12-16;1-12-3-7-14(8-4-12)11-15-9-5-13(2)6-10-15;1-4-10(2,3)9-7-5-6-8-9;/h7,9-10,12-13H,11H2,1-6H3;3-10H,1-2H3;5,7H,4,6H2,1-3H3;.